The molecule has 0 saturated carbocycles. The second-order valence-electron chi connectivity index (χ2n) is 5.66. The zero-order valence-corrected chi connectivity index (χ0v) is 16.6. The van der Waals surface area contributed by atoms with Gasteiger partial charge in [-0.15, -0.1) is 0 Å². The van der Waals surface area contributed by atoms with Crippen LogP contribution in [0.15, 0.2) is 41.3 Å². The van der Waals surface area contributed by atoms with Gasteiger partial charge < -0.3 is 9.84 Å². The van der Waals surface area contributed by atoms with Crippen molar-refractivity contribution in [2.45, 2.75) is 13.5 Å². The van der Waals surface area contributed by atoms with Crippen LogP contribution in [0.2, 0.25) is 10.0 Å². The summed E-state index contributed by atoms with van der Waals surface area (Å²) in [6.45, 7) is 2.27. The first kappa shape index (κ1) is 19.6. The quantitative estimate of drug-likeness (QED) is 0.657. The summed E-state index contributed by atoms with van der Waals surface area (Å²) in [6.07, 6.45) is 1.59. The minimum Gasteiger partial charge on any atom is -0.504 e. The Kier molecular flexibility index (Phi) is 5.99. The van der Waals surface area contributed by atoms with E-state index in [-0.39, 0.29) is 17.5 Å². The lowest BCUT2D eigenvalue weighted by atomic mass is 10.1. The molecule has 3 rings (SSSR count). The van der Waals surface area contributed by atoms with Gasteiger partial charge in [0.1, 0.15) is 0 Å². The molecule has 0 aromatic heterocycles. The number of aromatic hydroxyl groups is 1. The van der Waals surface area contributed by atoms with Gasteiger partial charge in [-0.05, 0) is 60.2 Å². The van der Waals surface area contributed by atoms with Crippen molar-refractivity contribution in [3.05, 3.63) is 62.5 Å². The van der Waals surface area contributed by atoms with E-state index in [1.54, 1.807) is 43.3 Å². The van der Waals surface area contributed by atoms with Crippen molar-refractivity contribution in [3.8, 4) is 11.5 Å². The first-order valence-corrected chi connectivity index (χ1v) is 9.61. The van der Waals surface area contributed by atoms with Crippen molar-refractivity contribution in [2.24, 2.45) is 0 Å². The zero-order valence-electron chi connectivity index (χ0n) is 14.2. The van der Waals surface area contributed by atoms with Gasteiger partial charge in [-0.3, -0.25) is 14.5 Å². The number of benzene rings is 2. The summed E-state index contributed by atoms with van der Waals surface area (Å²) >= 11 is 12.9. The number of phenolic OH excluding ortho intramolecular Hbond substituents is 1. The highest BCUT2D eigenvalue weighted by molar-refractivity contribution is 8.18. The van der Waals surface area contributed by atoms with E-state index >= 15 is 0 Å². The Labute approximate surface area is 170 Å². The second-order valence-corrected chi connectivity index (χ2v) is 7.50. The van der Waals surface area contributed by atoms with E-state index in [4.69, 9.17) is 27.9 Å². The highest BCUT2D eigenvalue weighted by atomic mass is 35.5. The molecule has 1 N–H and O–H groups in total. The highest BCUT2D eigenvalue weighted by Crippen LogP contribution is 2.35. The molecule has 0 unspecified atom stereocenters. The summed E-state index contributed by atoms with van der Waals surface area (Å²) < 4.78 is 5.34. The predicted octanol–water partition coefficient (Wildman–Crippen LogP) is 5.33. The molecule has 140 valence electrons. The molecule has 0 spiro atoms. The molecular weight excluding hydrogens is 409 g/mol. The van der Waals surface area contributed by atoms with Crippen LogP contribution in [0.3, 0.4) is 0 Å². The third kappa shape index (κ3) is 4.40. The summed E-state index contributed by atoms with van der Waals surface area (Å²) in [5.74, 6) is -0.0695. The van der Waals surface area contributed by atoms with Crippen molar-refractivity contribution in [3.63, 3.8) is 0 Å². The van der Waals surface area contributed by atoms with E-state index in [0.717, 1.165) is 16.7 Å². The molecule has 0 radical (unpaired) electrons. The van der Waals surface area contributed by atoms with Gasteiger partial charge in [0, 0.05) is 10.0 Å². The van der Waals surface area contributed by atoms with Gasteiger partial charge in [0.25, 0.3) is 11.1 Å². The summed E-state index contributed by atoms with van der Waals surface area (Å²) in [5.41, 5.74) is 1.28. The Morgan fingerprint density at radius 2 is 1.96 bits per heavy atom. The summed E-state index contributed by atoms with van der Waals surface area (Å²) in [5, 5.41) is 10.3. The van der Waals surface area contributed by atoms with E-state index < -0.39 is 5.91 Å². The molecule has 5 nitrogen and oxygen atoms in total. The van der Waals surface area contributed by atoms with Gasteiger partial charge in [-0.2, -0.15) is 0 Å². The summed E-state index contributed by atoms with van der Waals surface area (Å²) in [4.78, 5) is 26.4. The smallest absolute Gasteiger partial charge is 0.293 e. The van der Waals surface area contributed by atoms with Gasteiger partial charge in [0.2, 0.25) is 0 Å². The molecule has 2 aromatic carbocycles. The van der Waals surface area contributed by atoms with Crippen molar-refractivity contribution in [1.82, 2.24) is 4.90 Å². The minimum absolute atomic E-state index is 0.0134. The van der Waals surface area contributed by atoms with Crippen molar-refractivity contribution in [1.29, 1.82) is 0 Å². The molecule has 0 atom stereocenters. The number of amides is 2. The average Bonchev–Trinajstić information content (AvgIpc) is 2.87. The van der Waals surface area contributed by atoms with Gasteiger partial charge in [-0.1, -0.05) is 35.3 Å². The molecule has 1 saturated heterocycles. The standard InChI is InChI=1S/C19H15Cl2NO4S/c1-2-26-16-7-11(3-6-15(16)23)8-17-18(24)22(19(25)27-17)10-12-4-5-13(20)9-14(12)21/h3-9,23H,2,10H2,1H3/b17-8+. The third-order valence-electron chi connectivity index (χ3n) is 3.80. The predicted molar refractivity (Wildman–Crippen MR) is 107 cm³/mol. The topological polar surface area (TPSA) is 66.8 Å². The van der Waals surface area contributed by atoms with Crippen LogP contribution in [0.4, 0.5) is 4.79 Å². The largest absolute Gasteiger partial charge is 0.504 e. The zero-order chi connectivity index (χ0) is 19.6. The maximum Gasteiger partial charge on any atom is 0.293 e. The monoisotopic (exact) mass is 423 g/mol. The number of imide groups is 1. The van der Waals surface area contributed by atoms with Gasteiger partial charge in [-0.25, -0.2) is 0 Å². The second kappa shape index (κ2) is 8.25. The Morgan fingerprint density at radius 3 is 2.67 bits per heavy atom. The number of carbonyl (C=O) groups excluding carboxylic acids is 2. The average molecular weight is 424 g/mol. The fraction of sp³-hybridized carbons (Fsp3) is 0.158. The molecule has 1 heterocycles. The lowest BCUT2D eigenvalue weighted by Gasteiger charge is -2.13. The highest BCUT2D eigenvalue weighted by Gasteiger charge is 2.35. The summed E-state index contributed by atoms with van der Waals surface area (Å²) in [7, 11) is 0. The number of rotatable bonds is 5. The number of phenols is 1. The molecular formula is C19H15Cl2NO4S. The van der Waals surface area contributed by atoms with Crippen molar-refractivity contribution < 1.29 is 19.4 Å². The molecule has 1 aliphatic heterocycles. The minimum atomic E-state index is -0.401. The Balaban J connectivity index is 1.83. The molecule has 2 aromatic rings. The van der Waals surface area contributed by atoms with Crippen LogP contribution >= 0.6 is 35.0 Å². The summed E-state index contributed by atoms with van der Waals surface area (Å²) in [6, 6.07) is 9.65. The Bertz CT molecular complexity index is 945. The Hall–Kier alpha value is -2.15. The van der Waals surface area contributed by atoms with Crippen LogP contribution in [-0.2, 0) is 11.3 Å². The first-order chi connectivity index (χ1) is 12.9. The molecule has 1 aliphatic rings. The lowest BCUT2D eigenvalue weighted by molar-refractivity contribution is -0.123. The number of halogens is 2. The third-order valence-corrected chi connectivity index (χ3v) is 5.29. The number of carbonyl (C=O) groups is 2. The van der Waals surface area contributed by atoms with E-state index in [9.17, 15) is 14.7 Å². The molecule has 0 bridgehead atoms. The SMILES string of the molecule is CCOc1cc(/C=C2/SC(=O)N(Cc3ccc(Cl)cc3Cl)C2=O)ccc1O. The maximum atomic E-state index is 12.6. The van der Waals surface area contributed by atoms with Crippen LogP contribution in [0.1, 0.15) is 18.1 Å². The lowest BCUT2D eigenvalue weighted by Crippen LogP contribution is -2.27. The number of nitrogens with zero attached hydrogens (tertiary/aromatic N) is 1. The number of thioether (sulfide) groups is 1. The normalized spacial score (nSPS) is 15.7. The van der Waals surface area contributed by atoms with E-state index in [2.05, 4.69) is 0 Å². The van der Waals surface area contributed by atoms with Crippen molar-refractivity contribution >= 4 is 52.2 Å². The number of hydrogen-bond donors (Lipinski definition) is 1. The first-order valence-electron chi connectivity index (χ1n) is 8.04. The molecule has 0 aliphatic carbocycles. The van der Waals surface area contributed by atoms with Crippen LogP contribution in [0.25, 0.3) is 6.08 Å². The van der Waals surface area contributed by atoms with Gasteiger partial charge >= 0.3 is 0 Å². The van der Waals surface area contributed by atoms with Gasteiger partial charge in [0.05, 0.1) is 18.1 Å². The molecule has 27 heavy (non-hydrogen) atoms. The number of ether oxygens (including phenoxy) is 1. The Morgan fingerprint density at radius 1 is 1.19 bits per heavy atom. The van der Waals surface area contributed by atoms with Crippen LogP contribution in [0, 0.1) is 0 Å². The van der Waals surface area contributed by atoms with Crippen LogP contribution in [-0.4, -0.2) is 27.8 Å². The van der Waals surface area contributed by atoms with Crippen LogP contribution in [0.5, 0.6) is 11.5 Å². The van der Waals surface area contributed by atoms with E-state index in [1.807, 2.05) is 0 Å². The fourth-order valence-electron chi connectivity index (χ4n) is 2.50. The van der Waals surface area contributed by atoms with Crippen molar-refractivity contribution in [2.75, 3.05) is 6.61 Å². The van der Waals surface area contributed by atoms with E-state index in [0.29, 0.717) is 38.4 Å². The maximum absolute atomic E-state index is 12.6. The van der Waals surface area contributed by atoms with Gasteiger partial charge in [0.15, 0.2) is 11.5 Å². The van der Waals surface area contributed by atoms with Crippen LogP contribution < -0.4 is 4.74 Å². The number of hydrogen-bond acceptors (Lipinski definition) is 5. The van der Waals surface area contributed by atoms with E-state index in [1.165, 1.54) is 6.07 Å². The molecule has 1 fully saturated rings. The molecule has 8 heteroatoms. The molecule has 2 amide bonds. The fourth-order valence-corrected chi connectivity index (χ4v) is 3.81.